The summed E-state index contributed by atoms with van der Waals surface area (Å²) in [5.41, 5.74) is 1.34. The van der Waals surface area contributed by atoms with Crippen molar-refractivity contribution in [3.63, 3.8) is 0 Å². The molecule has 2 heterocycles. The first-order chi connectivity index (χ1) is 12.4. The average molecular weight is 375 g/mol. The Labute approximate surface area is 153 Å². The molecule has 0 N–H and O–H groups in total. The number of fused-ring (bicyclic) bond motifs is 1. The van der Waals surface area contributed by atoms with Crippen molar-refractivity contribution in [2.75, 3.05) is 0 Å². The SMILES string of the molecule is CC(C)C(=O)OOC(=O)c1c(-c2ccc3cc(Cl)ccc3n2)nnn1C. The Kier molecular flexibility index (Phi) is 4.85. The molecule has 0 radical (unpaired) electrons. The highest BCUT2D eigenvalue weighted by atomic mass is 35.5. The number of hydrogen-bond acceptors (Lipinski definition) is 7. The fourth-order valence-corrected chi connectivity index (χ4v) is 2.38. The van der Waals surface area contributed by atoms with E-state index in [-0.39, 0.29) is 11.4 Å². The number of carbonyl (C=O) groups excluding carboxylic acids is 2. The van der Waals surface area contributed by atoms with Crippen molar-refractivity contribution in [3.8, 4) is 11.4 Å². The number of benzene rings is 1. The molecule has 134 valence electrons. The Hall–Kier alpha value is -3.00. The van der Waals surface area contributed by atoms with E-state index in [4.69, 9.17) is 11.6 Å². The highest BCUT2D eigenvalue weighted by Gasteiger charge is 2.25. The molecule has 0 spiro atoms. The van der Waals surface area contributed by atoms with Gasteiger partial charge in [0.25, 0.3) is 0 Å². The van der Waals surface area contributed by atoms with Crippen molar-refractivity contribution in [1.29, 1.82) is 0 Å². The van der Waals surface area contributed by atoms with Crippen LogP contribution in [-0.2, 0) is 21.6 Å². The molecule has 0 aliphatic carbocycles. The van der Waals surface area contributed by atoms with Gasteiger partial charge in [-0.15, -0.1) is 5.10 Å². The lowest BCUT2D eigenvalue weighted by Gasteiger charge is -2.06. The van der Waals surface area contributed by atoms with Crippen molar-refractivity contribution >= 4 is 34.4 Å². The number of aromatic nitrogens is 4. The molecule has 9 heteroatoms. The number of hydrogen-bond donors (Lipinski definition) is 0. The predicted octanol–water partition coefficient (Wildman–Crippen LogP) is 2.95. The van der Waals surface area contributed by atoms with Gasteiger partial charge in [0.15, 0.2) is 5.69 Å². The largest absolute Gasteiger partial charge is 0.406 e. The first-order valence-electron chi connectivity index (χ1n) is 7.76. The lowest BCUT2D eigenvalue weighted by atomic mass is 10.1. The fourth-order valence-electron chi connectivity index (χ4n) is 2.20. The van der Waals surface area contributed by atoms with Crippen molar-refractivity contribution in [2.45, 2.75) is 13.8 Å². The quantitative estimate of drug-likeness (QED) is 0.513. The van der Waals surface area contributed by atoms with Gasteiger partial charge in [-0.05, 0) is 24.3 Å². The number of aryl methyl sites for hydroxylation is 1. The average Bonchev–Trinajstić information content (AvgIpc) is 3.00. The first kappa shape index (κ1) is 17.8. The standard InChI is InChI=1S/C17H15ClN4O4/c1-9(2)16(23)25-26-17(24)15-14(20-21-22(15)3)13-6-4-10-8-11(18)5-7-12(10)19-13/h4-9H,1-3H3. The Balaban J connectivity index is 1.93. The van der Waals surface area contributed by atoms with Crippen LogP contribution >= 0.6 is 11.6 Å². The molecule has 1 aromatic carbocycles. The van der Waals surface area contributed by atoms with Crippen LogP contribution < -0.4 is 0 Å². The lowest BCUT2D eigenvalue weighted by Crippen LogP contribution is -2.18. The summed E-state index contributed by atoms with van der Waals surface area (Å²) in [7, 11) is 1.53. The predicted molar refractivity (Wildman–Crippen MR) is 93.1 cm³/mol. The van der Waals surface area contributed by atoms with Gasteiger partial charge in [0.1, 0.15) is 5.69 Å². The molecule has 0 fully saturated rings. The highest BCUT2D eigenvalue weighted by Crippen LogP contribution is 2.24. The van der Waals surface area contributed by atoms with Gasteiger partial charge in [-0.1, -0.05) is 36.7 Å². The zero-order valence-electron chi connectivity index (χ0n) is 14.3. The van der Waals surface area contributed by atoms with Crippen LogP contribution in [0, 0.1) is 5.92 Å². The van der Waals surface area contributed by atoms with Crippen LogP contribution in [0.4, 0.5) is 0 Å². The smallest absolute Gasteiger partial charge is 0.247 e. The minimum atomic E-state index is -0.889. The molecule has 0 aliphatic heterocycles. The van der Waals surface area contributed by atoms with E-state index in [2.05, 4.69) is 25.1 Å². The van der Waals surface area contributed by atoms with Crippen LogP contribution in [0.25, 0.3) is 22.3 Å². The molecule has 0 amide bonds. The van der Waals surface area contributed by atoms with E-state index in [0.29, 0.717) is 16.2 Å². The minimum absolute atomic E-state index is 0.0161. The van der Waals surface area contributed by atoms with Crippen LogP contribution in [0.1, 0.15) is 24.3 Å². The molecular weight excluding hydrogens is 360 g/mol. The van der Waals surface area contributed by atoms with E-state index in [1.165, 1.54) is 11.7 Å². The van der Waals surface area contributed by atoms with E-state index >= 15 is 0 Å². The molecule has 26 heavy (non-hydrogen) atoms. The monoisotopic (exact) mass is 374 g/mol. The summed E-state index contributed by atoms with van der Waals surface area (Å²) in [6.45, 7) is 3.25. The third-order valence-electron chi connectivity index (χ3n) is 3.58. The molecule has 0 saturated carbocycles. The van der Waals surface area contributed by atoms with Crippen LogP contribution in [0.2, 0.25) is 5.02 Å². The maximum atomic E-state index is 12.3. The summed E-state index contributed by atoms with van der Waals surface area (Å²) in [4.78, 5) is 37.4. The normalized spacial score (nSPS) is 11.0. The van der Waals surface area contributed by atoms with Gasteiger partial charge in [0, 0.05) is 17.5 Å². The molecule has 3 aromatic rings. The van der Waals surface area contributed by atoms with Gasteiger partial charge in [-0.2, -0.15) is 0 Å². The molecule has 2 aromatic heterocycles. The second kappa shape index (κ2) is 7.09. The third-order valence-corrected chi connectivity index (χ3v) is 3.82. The van der Waals surface area contributed by atoms with Gasteiger partial charge in [0.05, 0.1) is 17.1 Å². The number of halogens is 1. The van der Waals surface area contributed by atoms with Crippen LogP contribution in [0.15, 0.2) is 30.3 Å². The summed E-state index contributed by atoms with van der Waals surface area (Å²) in [5.74, 6) is -1.98. The number of rotatable bonds is 3. The van der Waals surface area contributed by atoms with Gasteiger partial charge in [0.2, 0.25) is 0 Å². The Bertz CT molecular complexity index is 1000. The molecule has 3 rings (SSSR count). The van der Waals surface area contributed by atoms with E-state index in [9.17, 15) is 9.59 Å². The lowest BCUT2D eigenvalue weighted by molar-refractivity contribution is -0.237. The molecule has 0 saturated heterocycles. The summed E-state index contributed by atoms with van der Waals surface area (Å²) >= 11 is 5.97. The van der Waals surface area contributed by atoms with Crippen molar-refractivity contribution in [1.82, 2.24) is 20.0 Å². The van der Waals surface area contributed by atoms with Gasteiger partial charge in [-0.3, -0.25) is 0 Å². The Morgan fingerprint density at radius 3 is 2.65 bits per heavy atom. The van der Waals surface area contributed by atoms with Crippen LogP contribution in [0.3, 0.4) is 0 Å². The van der Waals surface area contributed by atoms with Crippen molar-refractivity contribution < 1.29 is 19.4 Å². The topological polar surface area (TPSA) is 96.2 Å². The Morgan fingerprint density at radius 2 is 1.92 bits per heavy atom. The summed E-state index contributed by atoms with van der Waals surface area (Å²) in [6, 6.07) is 8.77. The van der Waals surface area contributed by atoms with Crippen molar-refractivity contribution in [3.05, 3.63) is 41.0 Å². The molecule has 0 bridgehead atoms. The fraction of sp³-hybridized carbons (Fsp3) is 0.235. The third kappa shape index (κ3) is 3.50. The first-order valence-corrected chi connectivity index (χ1v) is 8.13. The second-order valence-corrected chi connectivity index (χ2v) is 6.31. The van der Waals surface area contributed by atoms with Crippen LogP contribution in [0.5, 0.6) is 0 Å². The minimum Gasteiger partial charge on any atom is -0.247 e. The summed E-state index contributed by atoms with van der Waals surface area (Å²) in [5, 5.41) is 9.26. The van der Waals surface area contributed by atoms with E-state index in [1.54, 1.807) is 38.1 Å². The van der Waals surface area contributed by atoms with Gasteiger partial charge in [-0.25, -0.2) is 29.0 Å². The zero-order chi connectivity index (χ0) is 18.8. The summed E-state index contributed by atoms with van der Waals surface area (Å²) < 4.78 is 1.23. The van der Waals surface area contributed by atoms with Crippen molar-refractivity contribution in [2.24, 2.45) is 13.0 Å². The van der Waals surface area contributed by atoms with Gasteiger partial charge < -0.3 is 0 Å². The molecule has 8 nitrogen and oxygen atoms in total. The van der Waals surface area contributed by atoms with Crippen LogP contribution in [-0.4, -0.2) is 31.9 Å². The van der Waals surface area contributed by atoms with E-state index < -0.39 is 17.9 Å². The van der Waals surface area contributed by atoms with Gasteiger partial charge >= 0.3 is 11.9 Å². The maximum Gasteiger partial charge on any atom is 0.406 e. The number of nitrogens with zero attached hydrogens (tertiary/aromatic N) is 4. The molecule has 0 aliphatic rings. The summed E-state index contributed by atoms with van der Waals surface area (Å²) in [6.07, 6.45) is 0. The second-order valence-electron chi connectivity index (χ2n) is 5.87. The maximum absolute atomic E-state index is 12.3. The molecule has 0 unspecified atom stereocenters. The molecular formula is C17H15ClN4O4. The highest BCUT2D eigenvalue weighted by molar-refractivity contribution is 6.31. The Morgan fingerprint density at radius 1 is 1.15 bits per heavy atom. The van der Waals surface area contributed by atoms with E-state index in [0.717, 1.165) is 5.39 Å². The molecule has 0 atom stereocenters. The van der Waals surface area contributed by atoms with E-state index in [1.807, 2.05) is 6.07 Å². The number of pyridine rings is 1. The zero-order valence-corrected chi connectivity index (χ0v) is 15.0. The number of carbonyl (C=O) groups is 2.